The van der Waals surface area contributed by atoms with Gasteiger partial charge < -0.3 is 4.74 Å². The number of aryl methyl sites for hydroxylation is 1. The predicted octanol–water partition coefficient (Wildman–Crippen LogP) is 9.26. The zero-order valence-electron chi connectivity index (χ0n) is 21.2. The van der Waals surface area contributed by atoms with E-state index in [1.807, 2.05) is 32.0 Å². The third-order valence-corrected chi connectivity index (χ3v) is 8.26. The van der Waals surface area contributed by atoms with Crippen LogP contribution in [0.2, 0.25) is 0 Å². The third-order valence-electron chi connectivity index (χ3n) is 8.26. The van der Waals surface area contributed by atoms with Gasteiger partial charge in [-0.1, -0.05) is 30.4 Å². The van der Waals surface area contributed by atoms with Gasteiger partial charge in [-0.05, 0) is 131 Å². The maximum atomic E-state index is 15.0. The molecular weight excluding hydrogens is 445 g/mol. The van der Waals surface area contributed by atoms with Crippen LogP contribution in [0, 0.1) is 29.3 Å². The Morgan fingerprint density at radius 1 is 0.857 bits per heavy atom. The van der Waals surface area contributed by atoms with Gasteiger partial charge in [0.25, 0.3) is 0 Å². The Bertz CT molecular complexity index is 999. The highest BCUT2D eigenvalue weighted by Gasteiger charge is 2.27. The lowest BCUT2D eigenvalue weighted by Gasteiger charge is -2.29. The van der Waals surface area contributed by atoms with E-state index in [1.54, 1.807) is 12.1 Å². The monoisotopic (exact) mass is 484 g/mol. The molecule has 2 aliphatic carbocycles. The largest absolute Gasteiger partial charge is 0.491 e. The van der Waals surface area contributed by atoms with Crippen LogP contribution in [0.5, 0.6) is 5.75 Å². The summed E-state index contributed by atoms with van der Waals surface area (Å²) >= 11 is 0. The topological polar surface area (TPSA) is 9.23 Å². The van der Waals surface area contributed by atoms with Crippen molar-refractivity contribution >= 4 is 0 Å². The van der Waals surface area contributed by atoms with Gasteiger partial charge >= 0.3 is 0 Å². The van der Waals surface area contributed by atoms with E-state index >= 15 is 0 Å². The fraction of sp³-hybridized carbons (Fsp3) is 0.548. The molecule has 2 aromatic carbocycles. The van der Waals surface area contributed by atoms with Crippen molar-refractivity contribution in [3.8, 4) is 5.75 Å². The summed E-state index contributed by atoms with van der Waals surface area (Å²) in [6.07, 6.45) is 13.8. The molecule has 4 rings (SSSR count). The molecule has 4 heteroatoms. The molecule has 2 aliphatic rings. The molecular formula is C31H39F3O. The minimum Gasteiger partial charge on any atom is -0.491 e. The van der Waals surface area contributed by atoms with Crippen LogP contribution >= 0.6 is 0 Å². The summed E-state index contributed by atoms with van der Waals surface area (Å²) in [5.41, 5.74) is 2.10. The van der Waals surface area contributed by atoms with E-state index in [0.717, 1.165) is 63.4 Å². The minimum absolute atomic E-state index is 0.128. The van der Waals surface area contributed by atoms with E-state index in [0.29, 0.717) is 47.7 Å². The molecule has 0 radical (unpaired) electrons. The summed E-state index contributed by atoms with van der Waals surface area (Å²) in [7, 11) is 0. The van der Waals surface area contributed by atoms with Crippen LogP contribution in [0.1, 0.15) is 100 Å². The van der Waals surface area contributed by atoms with Crippen molar-refractivity contribution in [3.05, 3.63) is 76.6 Å². The molecule has 0 unspecified atom stereocenters. The van der Waals surface area contributed by atoms with Crippen LogP contribution in [0.4, 0.5) is 13.2 Å². The Hall–Kier alpha value is -2.23. The first-order chi connectivity index (χ1) is 17.0. The maximum absolute atomic E-state index is 15.0. The summed E-state index contributed by atoms with van der Waals surface area (Å²) in [6, 6.07) is 8.98. The number of rotatable bonds is 8. The van der Waals surface area contributed by atoms with Crippen LogP contribution in [-0.2, 0) is 6.42 Å². The maximum Gasteiger partial charge on any atom is 0.165 e. The highest BCUT2D eigenvalue weighted by Crippen LogP contribution is 2.40. The molecule has 2 saturated carbocycles. The fourth-order valence-corrected chi connectivity index (χ4v) is 6.20. The van der Waals surface area contributed by atoms with Gasteiger partial charge in [0.05, 0.1) is 6.61 Å². The molecule has 190 valence electrons. The second-order valence-corrected chi connectivity index (χ2v) is 10.5. The normalized spacial score (nSPS) is 25.2. The number of hydrogen-bond donors (Lipinski definition) is 0. The molecule has 0 bridgehead atoms. The van der Waals surface area contributed by atoms with Crippen LogP contribution in [-0.4, -0.2) is 6.61 Å². The molecule has 0 N–H and O–H groups in total. The number of benzene rings is 2. The summed E-state index contributed by atoms with van der Waals surface area (Å²) in [4.78, 5) is 0. The lowest BCUT2D eigenvalue weighted by molar-refractivity contribution is 0.306. The minimum atomic E-state index is -0.642. The standard InChI is InChI=1S/C31H39F3O/c1-3-5-21-8-13-24(14-9-21)27-18-16-25(30(33)31(27)34)15-10-22-6-11-23(12-7-22)26-17-19-29(35-4-2)28(32)20-26/h3,5,16-24H,4,6-15H2,1-2H3/b5-3+. The third kappa shape index (κ3) is 6.32. The zero-order chi connectivity index (χ0) is 24.8. The van der Waals surface area contributed by atoms with Gasteiger partial charge in [-0.2, -0.15) is 0 Å². The molecule has 0 aliphatic heterocycles. The predicted molar refractivity (Wildman–Crippen MR) is 136 cm³/mol. The van der Waals surface area contributed by atoms with Crippen LogP contribution in [0.25, 0.3) is 0 Å². The Balaban J connectivity index is 1.29. The Kier molecular flexibility index (Phi) is 8.97. The summed E-state index contributed by atoms with van der Waals surface area (Å²) < 4.78 is 49.5. The van der Waals surface area contributed by atoms with Crippen LogP contribution in [0.15, 0.2) is 42.5 Å². The average Bonchev–Trinajstić information content (AvgIpc) is 2.87. The number of allylic oxidation sites excluding steroid dienone is 2. The lowest BCUT2D eigenvalue weighted by atomic mass is 9.76. The molecule has 0 heterocycles. The van der Waals surface area contributed by atoms with Gasteiger partial charge in [-0.25, -0.2) is 13.2 Å². The van der Waals surface area contributed by atoms with Gasteiger partial charge in [-0.3, -0.25) is 0 Å². The summed E-state index contributed by atoms with van der Waals surface area (Å²) in [5.74, 6) is 0.310. The Morgan fingerprint density at radius 2 is 1.57 bits per heavy atom. The highest BCUT2D eigenvalue weighted by molar-refractivity contribution is 5.32. The van der Waals surface area contributed by atoms with Gasteiger partial charge in [0.1, 0.15) is 0 Å². The molecule has 1 nitrogen and oxygen atoms in total. The van der Waals surface area contributed by atoms with E-state index in [2.05, 4.69) is 12.2 Å². The summed E-state index contributed by atoms with van der Waals surface area (Å²) in [5, 5.41) is 0. The SMILES string of the molecule is C/C=C/C1CCC(c2ccc(CCC3CCC(c4ccc(OCC)c(F)c4)CC3)c(F)c2F)CC1. The second-order valence-electron chi connectivity index (χ2n) is 10.5. The first-order valence-electron chi connectivity index (χ1n) is 13.5. The van der Waals surface area contributed by atoms with Gasteiger partial charge in [0.15, 0.2) is 23.2 Å². The molecule has 0 amide bonds. The molecule has 0 spiro atoms. The van der Waals surface area contributed by atoms with Crippen molar-refractivity contribution in [3.63, 3.8) is 0 Å². The highest BCUT2D eigenvalue weighted by atomic mass is 19.2. The van der Waals surface area contributed by atoms with Crippen molar-refractivity contribution in [2.24, 2.45) is 11.8 Å². The van der Waals surface area contributed by atoms with E-state index in [-0.39, 0.29) is 11.7 Å². The average molecular weight is 485 g/mol. The van der Waals surface area contributed by atoms with Crippen molar-refractivity contribution in [2.45, 2.75) is 89.9 Å². The lowest BCUT2D eigenvalue weighted by Crippen LogP contribution is -2.15. The smallest absolute Gasteiger partial charge is 0.165 e. The van der Waals surface area contributed by atoms with Crippen LogP contribution < -0.4 is 4.74 Å². The van der Waals surface area contributed by atoms with E-state index < -0.39 is 11.6 Å². The first kappa shape index (κ1) is 25.9. The molecule has 35 heavy (non-hydrogen) atoms. The van der Waals surface area contributed by atoms with Gasteiger partial charge in [-0.15, -0.1) is 0 Å². The quantitative estimate of drug-likeness (QED) is 0.339. The van der Waals surface area contributed by atoms with Gasteiger partial charge in [0.2, 0.25) is 0 Å². The molecule has 0 atom stereocenters. The molecule has 2 fully saturated rings. The van der Waals surface area contributed by atoms with Crippen LogP contribution in [0.3, 0.4) is 0 Å². The Labute approximate surface area is 208 Å². The number of halogens is 3. The fourth-order valence-electron chi connectivity index (χ4n) is 6.20. The van der Waals surface area contributed by atoms with Crippen molar-refractivity contribution in [1.29, 1.82) is 0 Å². The molecule has 0 aromatic heterocycles. The van der Waals surface area contributed by atoms with Gasteiger partial charge in [0, 0.05) is 0 Å². The van der Waals surface area contributed by atoms with Crippen molar-refractivity contribution in [2.75, 3.05) is 6.61 Å². The van der Waals surface area contributed by atoms with Crippen molar-refractivity contribution < 1.29 is 17.9 Å². The number of hydrogen-bond acceptors (Lipinski definition) is 1. The first-order valence-corrected chi connectivity index (χ1v) is 13.5. The van der Waals surface area contributed by atoms with Crippen molar-refractivity contribution in [1.82, 2.24) is 0 Å². The molecule has 0 saturated heterocycles. The second kappa shape index (κ2) is 12.1. The zero-order valence-corrected chi connectivity index (χ0v) is 21.2. The van der Waals surface area contributed by atoms with E-state index in [1.165, 1.54) is 0 Å². The molecule has 2 aromatic rings. The Morgan fingerprint density at radius 3 is 2.23 bits per heavy atom. The summed E-state index contributed by atoms with van der Waals surface area (Å²) in [6.45, 7) is 4.33. The van der Waals surface area contributed by atoms with E-state index in [9.17, 15) is 13.2 Å². The van der Waals surface area contributed by atoms with E-state index in [4.69, 9.17) is 4.74 Å². The number of ether oxygens (including phenoxy) is 1.